The molecule has 28 heavy (non-hydrogen) atoms. The Morgan fingerprint density at radius 1 is 1.11 bits per heavy atom. The first-order chi connectivity index (χ1) is 13.8. The van der Waals surface area contributed by atoms with Crippen LogP contribution >= 0.6 is 11.3 Å². The highest BCUT2D eigenvalue weighted by Crippen LogP contribution is 2.50. The summed E-state index contributed by atoms with van der Waals surface area (Å²) >= 11 is 1.70. The minimum Gasteiger partial charge on any atom is -0.345 e. The maximum atomic E-state index is 5.10. The van der Waals surface area contributed by atoms with Gasteiger partial charge >= 0.3 is 0 Å². The first-order valence-corrected chi connectivity index (χ1v) is 11.2. The number of rotatable bonds is 3. The number of hydrogen-bond acceptors (Lipinski definition) is 5. The van der Waals surface area contributed by atoms with Crippen molar-refractivity contribution in [2.75, 3.05) is 0 Å². The number of aromatic nitrogens is 5. The Bertz CT molecular complexity index is 1150. The van der Waals surface area contributed by atoms with E-state index in [-0.39, 0.29) is 0 Å². The average Bonchev–Trinajstić information content (AvgIpc) is 3.37. The van der Waals surface area contributed by atoms with E-state index in [1.54, 1.807) is 17.7 Å². The number of thiophene rings is 1. The number of nitrogens with zero attached hydrogens (tertiary/aromatic N) is 4. The molecule has 3 aliphatic rings. The van der Waals surface area contributed by atoms with Gasteiger partial charge in [0.15, 0.2) is 5.82 Å². The van der Waals surface area contributed by atoms with Gasteiger partial charge in [0.2, 0.25) is 0 Å². The first kappa shape index (κ1) is 16.6. The van der Waals surface area contributed by atoms with E-state index in [9.17, 15) is 0 Å². The van der Waals surface area contributed by atoms with Crippen molar-refractivity contribution in [2.45, 2.75) is 39.0 Å². The maximum absolute atomic E-state index is 5.10. The lowest BCUT2D eigenvalue weighted by Gasteiger charge is -2.47. The molecular weight excluding hydrogens is 366 g/mol. The van der Waals surface area contributed by atoms with Gasteiger partial charge in [-0.05, 0) is 67.2 Å². The zero-order valence-corrected chi connectivity index (χ0v) is 16.7. The second-order valence-corrected chi connectivity index (χ2v) is 9.42. The highest BCUT2D eigenvalue weighted by molar-refractivity contribution is 7.16. The van der Waals surface area contributed by atoms with Crippen LogP contribution in [0.4, 0.5) is 0 Å². The zero-order valence-electron chi connectivity index (χ0n) is 15.9. The molecule has 6 heteroatoms. The Morgan fingerprint density at radius 3 is 2.82 bits per heavy atom. The van der Waals surface area contributed by atoms with Gasteiger partial charge in [-0.15, -0.1) is 11.3 Å². The standard InChI is InChI=1S/C22H23N5S/c1-12-13-2-4-14(5-3-13)16(12)8-19-15-6-7-28-22(15)27-21(26-19)18-10-24-20-17(18)9-23-11-25-20/h6-7,9-14,16H,2-5,8H2,1H3,(H,23,24,25). The van der Waals surface area contributed by atoms with Crippen LogP contribution in [0.25, 0.3) is 32.6 Å². The van der Waals surface area contributed by atoms with Gasteiger partial charge in [0.25, 0.3) is 0 Å². The van der Waals surface area contributed by atoms with E-state index in [1.807, 2.05) is 12.4 Å². The minimum atomic E-state index is 0.754. The Balaban J connectivity index is 1.45. The second kappa shape index (κ2) is 6.34. The normalized spacial score (nSPS) is 27.0. The molecule has 0 amide bonds. The molecule has 0 spiro atoms. The van der Waals surface area contributed by atoms with Gasteiger partial charge < -0.3 is 4.98 Å². The van der Waals surface area contributed by atoms with Crippen molar-refractivity contribution in [3.8, 4) is 11.4 Å². The summed E-state index contributed by atoms with van der Waals surface area (Å²) in [6.07, 6.45) is 12.1. The van der Waals surface area contributed by atoms with Gasteiger partial charge in [0, 0.05) is 28.7 Å². The largest absolute Gasteiger partial charge is 0.345 e. The smallest absolute Gasteiger partial charge is 0.163 e. The molecule has 3 aliphatic carbocycles. The molecule has 3 fully saturated rings. The molecule has 7 rings (SSSR count). The monoisotopic (exact) mass is 389 g/mol. The fourth-order valence-electron chi connectivity index (χ4n) is 5.69. The highest BCUT2D eigenvalue weighted by Gasteiger charge is 2.41. The third kappa shape index (κ3) is 2.50. The minimum absolute atomic E-state index is 0.754. The Labute approximate surface area is 167 Å². The molecule has 5 nitrogen and oxygen atoms in total. The van der Waals surface area contributed by atoms with Crippen molar-refractivity contribution in [1.29, 1.82) is 0 Å². The first-order valence-electron chi connectivity index (χ1n) is 10.3. The van der Waals surface area contributed by atoms with Crippen LogP contribution in [0.3, 0.4) is 0 Å². The van der Waals surface area contributed by atoms with Crippen molar-refractivity contribution in [3.05, 3.63) is 35.9 Å². The molecule has 0 saturated heterocycles. The summed E-state index contributed by atoms with van der Waals surface area (Å²) in [5.74, 6) is 4.14. The molecule has 0 aromatic carbocycles. The van der Waals surface area contributed by atoms with Crippen molar-refractivity contribution in [2.24, 2.45) is 23.7 Å². The van der Waals surface area contributed by atoms with Gasteiger partial charge in [-0.25, -0.2) is 19.9 Å². The Morgan fingerprint density at radius 2 is 1.96 bits per heavy atom. The molecule has 1 N–H and O–H groups in total. The van der Waals surface area contributed by atoms with Crippen LogP contribution in [0.1, 0.15) is 38.3 Å². The van der Waals surface area contributed by atoms with Crippen LogP contribution in [0.2, 0.25) is 0 Å². The number of H-pyrrole nitrogens is 1. The summed E-state index contributed by atoms with van der Waals surface area (Å²) in [4.78, 5) is 22.8. The summed E-state index contributed by atoms with van der Waals surface area (Å²) < 4.78 is 0. The average molecular weight is 390 g/mol. The van der Waals surface area contributed by atoms with E-state index in [0.717, 1.165) is 57.3 Å². The molecule has 0 radical (unpaired) electrons. The predicted octanol–water partition coefficient (Wildman–Crippen LogP) is 5.24. The number of fused-ring (bicyclic) bond motifs is 5. The molecule has 4 aromatic rings. The topological polar surface area (TPSA) is 67.3 Å². The summed E-state index contributed by atoms with van der Waals surface area (Å²) in [6, 6.07) is 2.20. The van der Waals surface area contributed by atoms with Crippen molar-refractivity contribution < 1.29 is 0 Å². The summed E-state index contributed by atoms with van der Waals surface area (Å²) in [5.41, 5.74) is 3.04. The molecule has 4 heterocycles. The third-order valence-electron chi connectivity index (χ3n) is 7.27. The number of hydrogen-bond donors (Lipinski definition) is 1. The summed E-state index contributed by atoms with van der Waals surface area (Å²) in [5, 5.41) is 4.36. The fraction of sp³-hybridized carbons (Fsp3) is 0.455. The second-order valence-electron chi connectivity index (χ2n) is 8.52. The van der Waals surface area contributed by atoms with Crippen LogP contribution in [0.5, 0.6) is 0 Å². The molecule has 3 saturated carbocycles. The van der Waals surface area contributed by atoms with Gasteiger partial charge in [0.05, 0.1) is 5.69 Å². The van der Waals surface area contributed by atoms with E-state index >= 15 is 0 Å². The van der Waals surface area contributed by atoms with E-state index in [2.05, 4.69) is 33.3 Å². The van der Waals surface area contributed by atoms with Crippen molar-refractivity contribution >= 4 is 32.6 Å². The molecule has 4 aromatic heterocycles. The number of nitrogens with one attached hydrogen (secondary N) is 1. The van der Waals surface area contributed by atoms with Gasteiger partial charge in [-0.2, -0.15) is 0 Å². The van der Waals surface area contributed by atoms with Crippen molar-refractivity contribution in [1.82, 2.24) is 24.9 Å². The quantitative estimate of drug-likeness (QED) is 0.520. The Hall–Kier alpha value is -2.34. The zero-order chi connectivity index (χ0) is 18.7. The number of aromatic amines is 1. The fourth-order valence-corrected chi connectivity index (χ4v) is 6.48. The van der Waals surface area contributed by atoms with E-state index in [1.165, 1.54) is 36.8 Å². The molecule has 2 atom stereocenters. The van der Waals surface area contributed by atoms with E-state index in [4.69, 9.17) is 9.97 Å². The lowest BCUT2D eigenvalue weighted by Crippen LogP contribution is -2.39. The summed E-state index contributed by atoms with van der Waals surface area (Å²) in [6.45, 7) is 2.48. The lowest BCUT2D eigenvalue weighted by molar-refractivity contribution is 0.0341. The van der Waals surface area contributed by atoms with Gasteiger partial charge in [0.1, 0.15) is 16.8 Å². The maximum Gasteiger partial charge on any atom is 0.163 e. The van der Waals surface area contributed by atoms with Crippen molar-refractivity contribution in [3.63, 3.8) is 0 Å². The highest BCUT2D eigenvalue weighted by atomic mass is 32.1. The van der Waals surface area contributed by atoms with Gasteiger partial charge in [-0.3, -0.25) is 0 Å². The predicted molar refractivity (Wildman–Crippen MR) is 112 cm³/mol. The molecular formula is C22H23N5S. The van der Waals surface area contributed by atoms with E-state index in [0.29, 0.717) is 0 Å². The third-order valence-corrected chi connectivity index (χ3v) is 8.08. The van der Waals surface area contributed by atoms with Crippen LogP contribution in [0, 0.1) is 23.7 Å². The van der Waals surface area contributed by atoms with E-state index < -0.39 is 0 Å². The molecule has 2 bridgehead atoms. The lowest BCUT2D eigenvalue weighted by atomic mass is 9.58. The van der Waals surface area contributed by atoms with Crippen LogP contribution < -0.4 is 0 Å². The van der Waals surface area contributed by atoms with Crippen LogP contribution in [0.15, 0.2) is 30.2 Å². The molecule has 142 valence electrons. The Kier molecular flexibility index (Phi) is 3.76. The SMILES string of the molecule is CC1C2CCC(CC2)C1Cc1nc(-c2c[nH]c3ncncc23)nc2sccc12. The molecule has 2 unspecified atom stereocenters. The molecule has 0 aliphatic heterocycles. The van der Waals surface area contributed by atoms with Crippen LogP contribution in [-0.2, 0) is 6.42 Å². The summed E-state index contributed by atoms with van der Waals surface area (Å²) in [7, 11) is 0. The van der Waals surface area contributed by atoms with Gasteiger partial charge in [-0.1, -0.05) is 6.92 Å². The van der Waals surface area contributed by atoms with Crippen LogP contribution in [-0.4, -0.2) is 24.9 Å².